The maximum absolute atomic E-state index is 11.4. The summed E-state index contributed by atoms with van der Waals surface area (Å²) in [4.78, 5) is 11.4. The average Bonchev–Trinajstić information content (AvgIpc) is 2.25. The van der Waals surface area contributed by atoms with Gasteiger partial charge in [0.1, 0.15) is 0 Å². The van der Waals surface area contributed by atoms with E-state index < -0.39 is 0 Å². The summed E-state index contributed by atoms with van der Waals surface area (Å²) >= 11 is 6.03. The van der Waals surface area contributed by atoms with Gasteiger partial charge in [-0.2, -0.15) is 5.10 Å². The first kappa shape index (κ1) is 13.7. The summed E-state index contributed by atoms with van der Waals surface area (Å²) in [5.74, 6) is 0.247. The highest BCUT2D eigenvalue weighted by Gasteiger charge is 2.05. The Hall–Kier alpha value is -1.35. The van der Waals surface area contributed by atoms with Crippen molar-refractivity contribution < 1.29 is 4.79 Å². The van der Waals surface area contributed by atoms with Gasteiger partial charge in [-0.3, -0.25) is 4.79 Å². The lowest BCUT2D eigenvalue weighted by molar-refractivity contribution is -0.121. The van der Waals surface area contributed by atoms with Crippen LogP contribution in [0.1, 0.15) is 32.8 Å². The topological polar surface area (TPSA) is 41.5 Å². The molecule has 0 saturated carbocycles. The molecule has 0 aliphatic heterocycles. The van der Waals surface area contributed by atoms with E-state index in [0.29, 0.717) is 23.1 Å². The molecule has 0 bridgehead atoms. The van der Waals surface area contributed by atoms with E-state index in [1.54, 1.807) is 6.07 Å². The largest absolute Gasteiger partial charge is 0.273 e. The monoisotopic (exact) mass is 252 g/mol. The fourth-order valence-electron chi connectivity index (χ4n) is 1.38. The number of carbonyl (C=O) groups excluding carboxylic acids is 1. The van der Waals surface area contributed by atoms with Crippen LogP contribution < -0.4 is 5.43 Å². The molecule has 0 atom stereocenters. The summed E-state index contributed by atoms with van der Waals surface area (Å²) in [6, 6.07) is 7.41. The number of amides is 1. The summed E-state index contributed by atoms with van der Waals surface area (Å²) in [6.45, 7) is 5.80. The number of hydrogen-bond donors (Lipinski definition) is 1. The fraction of sp³-hybridized carbons (Fsp3) is 0.385. The quantitative estimate of drug-likeness (QED) is 0.649. The van der Waals surface area contributed by atoms with Crippen molar-refractivity contribution in [1.29, 1.82) is 0 Å². The van der Waals surface area contributed by atoms with E-state index in [-0.39, 0.29) is 5.91 Å². The molecular formula is C13H17ClN2O. The second-order valence-electron chi connectivity index (χ2n) is 4.31. The molecule has 0 radical (unpaired) electrons. The summed E-state index contributed by atoms with van der Waals surface area (Å²) in [5, 5.41) is 4.67. The third-order valence-electron chi connectivity index (χ3n) is 2.21. The van der Waals surface area contributed by atoms with Crippen molar-refractivity contribution in [3.05, 3.63) is 34.9 Å². The van der Waals surface area contributed by atoms with E-state index in [0.717, 1.165) is 5.56 Å². The molecule has 1 amide bonds. The second kappa shape index (κ2) is 6.40. The Kier molecular flexibility index (Phi) is 5.16. The Morgan fingerprint density at radius 2 is 2.06 bits per heavy atom. The zero-order valence-corrected chi connectivity index (χ0v) is 11.1. The molecule has 92 valence electrons. The zero-order valence-electron chi connectivity index (χ0n) is 10.3. The Balaban J connectivity index is 2.68. The van der Waals surface area contributed by atoms with Crippen LogP contribution in [0.2, 0.25) is 5.02 Å². The predicted octanol–water partition coefficient (Wildman–Crippen LogP) is 3.23. The van der Waals surface area contributed by atoms with Gasteiger partial charge in [0.15, 0.2) is 0 Å². The van der Waals surface area contributed by atoms with Gasteiger partial charge in [-0.1, -0.05) is 43.6 Å². The lowest BCUT2D eigenvalue weighted by atomic mass is 10.1. The van der Waals surface area contributed by atoms with Crippen LogP contribution in [0.15, 0.2) is 29.4 Å². The fourth-order valence-corrected chi connectivity index (χ4v) is 1.65. The number of hydrogen-bond acceptors (Lipinski definition) is 2. The van der Waals surface area contributed by atoms with E-state index in [2.05, 4.69) is 10.5 Å². The van der Waals surface area contributed by atoms with Gasteiger partial charge in [0.05, 0.1) is 5.71 Å². The molecule has 0 saturated heterocycles. The van der Waals surface area contributed by atoms with Gasteiger partial charge in [0, 0.05) is 17.0 Å². The first-order chi connectivity index (χ1) is 8.00. The van der Waals surface area contributed by atoms with Crippen LogP contribution >= 0.6 is 11.6 Å². The third-order valence-corrected chi connectivity index (χ3v) is 2.54. The molecule has 3 nitrogen and oxygen atoms in total. The normalized spacial score (nSPS) is 11.7. The first-order valence-corrected chi connectivity index (χ1v) is 5.96. The van der Waals surface area contributed by atoms with Crippen molar-refractivity contribution in [3.63, 3.8) is 0 Å². The number of carbonyl (C=O) groups is 1. The van der Waals surface area contributed by atoms with Gasteiger partial charge >= 0.3 is 0 Å². The van der Waals surface area contributed by atoms with Crippen LogP contribution in [-0.2, 0) is 4.79 Å². The number of hydrazone groups is 1. The molecular weight excluding hydrogens is 236 g/mol. The van der Waals surface area contributed by atoms with E-state index in [1.165, 1.54) is 0 Å². The van der Waals surface area contributed by atoms with Gasteiger partial charge in [0.25, 0.3) is 0 Å². The summed E-state index contributed by atoms with van der Waals surface area (Å²) in [5.41, 5.74) is 4.06. The standard InChI is InChI=1S/C13H17ClN2O/c1-9(2)8-13(17)16-15-10(3)11-6-4-5-7-12(11)14/h4-7,9H,8H2,1-3H3,(H,16,17)/b15-10+. The minimum absolute atomic E-state index is 0.0774. The minimum Gasteiger partial charge on any atom is -0.273 e. The first-order valence-electron chi connectivity index (χ1n) is 5.58. The van der Waals surface area contributed by atoms with Crippen LogP contribution in [0.4, 0.5) is 0 Å². The van der Waals surface area contributed by atoms with Gasteiger partial charge in [0.2, 0.25) is 5.91 Å². The van der Waals surface area contributed by atoms with Crippen molar-refractivity contribution >= 4 is 23.2 Å². The molecule has 0 heterocycles. The number of nitrogens with one attached hydrogen (secondary N) is 1. The molecule has 0 unspecified atom stereocenters. The molecule has 1 N–H and O–H groups in total. The van der Waals surface area contributed by atoms with Gasteiger partial charge in [-0.25, -0.2) is 5.43 Å². The van der Waals surface area contributed by atoms with Crippen LogP contribution in [0, 0.1) is 5.92 Å². The lowest BCUT2D eigenvalue weighted by Crippen LogP contribution is -2.20. The maximum Gasteiger partial charge on any atom is 0.240 e. The van der Waals surface area contributed by atoms with E-state index in [9.17, 15) is 4.79 Å². The highest BCUT2D eigenvalue weighted by atomic mass is 35.5. The summed E-state index contributed by atoms with van der Waals surface area (Å²) in [7, 11) is 0. The zero-order chi connectivity index (χ0) is 12.8. The lowest BCUT2D eigenvalue weighted by Gasteiger charge is -2.05. The summed E-state index contributed by atoms with van der Waals surface area (Å²) < 4.78 is 0. The second-order valence-corrected chi connectivity index (χ2v) is 4.72. The van der Waals surface area contributed by atoms with Crippen molar-refractivity contribution in [1.82, 2.24) is 5.43 Å². The molecule has 0 spiro atoms. The van der Waals surface area contributed by atoms with Crippen LogP contribution in [0.3, 0.4) is 0 Å². The average molecular weight is 253 g/mol. The van der Waals surface area contributed by atoms with Crippen LogP contribution in [0.5, 0.6) is 0 Å². The van der Waals surface area contributed by atoms with E-state index in [1.807, 2.05) is 39.0 Å². The molecule has 1 aromatic rings. The van der Waals surface area contributed by atoms with Gasteiger partial charge < -0.3 is 0 Å². The third kappa shape index (κ3) is 4.57. The highest BCUT2D eigenvalue weighted by molar-refractivity contribution is 6.34. The van der Waals surface area contributed by atoms with Crippen LogP contribution in [-0.4, -0.2) is 11.6 Å². The Bertz CT molecular complexity index is 427. The summed E-state index contributed by atoms with van der Waals surface area (Å²) in [6.07, 6.45) is 0.472. The maximum atomic E-state index is 11.4. The van der Waals surface area contributed by atoms with Crippen molar-refractivity contribution in [3.8, 4) is 0 Å². The number of benzene rings is 1. The van der Waals surface area contributed by atoms with Crippen molar-refractivity contribution in [2.24, 2.45) is 11.0 Å². The smallest absolute Gasteiger partial charge is 0.240 e. The predicted molar refractivity (Wildman–Crippen MR) is 71.3 cm³/mol. The van der Waals surface area contributed by atoms with Crippen LogP contribution in [0.25, 0.3) is 0 Å². The van der Waals surface area contributed by atoms with Crippen molar-refractivity contribution in [2.75, 3.05) is 0 Å². The Labute approximate surface area is 107 Å². The minimum atomic E-state index is -0.0774. The molecule has 0 aliphatic rings. The molecule has 17 heavy (non-hydrogen) atoms. The molecule has 0 aliphatic carbocycles. The van der Waals surface area contributed by atoms with E-state index in [4.69, 9.17) is 11.6 Å². The number of rotatable bonds is 4. The van der Waals surface area contributed by atoms with Crippen molar-refractivity contribution in [2.45, 2.75) is 27.2 Å². The number of nitrogens with zero attached hydrogens (tertiary/aromatic N) is 1. The SMILES string of the molecule is C/C(=N\NC(=O)CC(C)C)c1ccccc1Cl. The van der Waals surface area contributed by atoms with Gasteiger partial charge in [-0.15, -0.1) is 0 Å². The Morgan fingerprint density at radius 3 is 2.65 bits per heavy atom. The Morgan fingerprint density at radius 1 is 1.41 bits per heavy atom. The molecule has 1 aromatic carbocycles. The number of halogens is 1. The van der Waals surface area contributed by atoms with E-state index >= 15 is 0 Å². The molecule has 4 heteroatoms. The molecule has 1 rings (SSSR count). The van der Waals surface area contributed by atoms with Gasteiger partial charge in [-0.05, 0) is 18.9 Å². The molecule has 0 fully saturated rings. The highest BCUT2D eigenvalue weighted by Crippen LogP contribution is 2.15. The molecule has 0 aromatic heterocycles.